The molecule has 5 aromatic rings. The molecule has 0 aliphatic heterocycles. The largest absolute Gasteiger partial charge is 0.497 e. The third-order valence-corrected chi connectivity index (χ3v) is 6.61. The molecule has 36 heavy (non-hydrogen) atoms. The highest BCUT2D eigenvalue weighted by atomic mass is 16.5. The fraction of sp³-hybridized carbons (Fsp3) is 0.100. The van der Waals surface area contributed by atoms with Crippen molar-refractivity contribution in [3.05, 3.63) is 107 Å². The number of methoxy groups -OCH3 is 1. The van der Waals surface area contributed by atoms with Gasteiger partial charge >= 0.3 is 5.97 Å². The van der Waals surface area contributed by atoms with Crippen LogP contribution in [0.4, 0.5) is 0 Å². The maximum atomic E-state index is 12.2. The molecule has 1 aliphatic rings. The van der Waals surface area contributed by atoms with Crippen LogP contribution in [0.1, 0.15) is 33.6 Å². The zero-order valence-corrected chi connectivity index (χ0v) is 19.7. The number of carboxylic acids is 1. The molecule has 2 heterocycles. The van der Waals surface area contributed by atoms with E-state index in [9.17, 15) is 9.90 Å². The number of aromatic nitrogens is 3. The summed E-state index contributed by atoms with van der Waals surface area (Å²) in [6, 6.07) is 25.3. The van der Waals surface area contributed by atoms with E-state index in [1.165, 1.54) is 0 Å². The van der Waals surface area contributed by atoms with Gasteiger partial charge in [-0.1, -0.05) is 36.4 Å². The van der Waals surface area contributed by atoms with Crippen molar-refractivity contribution in [2.75, 3.05) is 7.11 Å². The van der Waals surface area contributed by atoms with E-state index in [1.807, 2.05) is 89.7 Å². The summed E-state index contributed by atoms with van der Waals surface area (Å²) in [5.74, 6) is -0.134. The van der Waals surface area contributed by atoms with Gasteiger partial charge in [0, 0.05) is 22.7 Å². The van der Waals surface area contributed by atoms with Gasteiger partial charge in [-0.2, -0.15) is 5.10 Å². The zero-order valence-electron chi connectivity index (χ0n) is 19.7. The Bertz CT molecular complexity index is 1630. The molecular weight excluding hydrogens is 450 g/mol. The summed E-state index contributed by atoms with van der Waals surface area (Å²) in [5.41, 5.74) is 7.33. The van der Waals surface area contributed by atoms with Gasteiger partial charge in [0.05, 0.1) is 35.3 Å². The van der Waals surface area contributed by atoms with Crippen molar-refractivity contribution in [1.29, 1.82) is 0 Å². The lowest BCUT2D eigenvalue weighted by molar-refractivity contribution is 0.0698. The number of para-hydroxylation sites is 2. The number of allylic oxidation sites excluding steroid dienone is 1. The molecule has 0 saturated carbocycles. The first kappa shape index (κ1) is 21.8. The average molecular weight is 474 g/mol. The van der Waals surface area contributed by atoms with Gasteiger partial charge in [0.2, 0.25) is 0 Å². The lowest BCUT2D eigenvalue weighted by atomic mass is 10.0. The van der Waals surface area contributed by atoms with E-state index in [2.05, 4.69) is 6.08 Å². The van der Waals surface area contributed by atoms with Crippen molar-refractivity contribution in [1.82, 2.24) is 14.8 Å². The van der Waals surface area contributed by atoms with Crippen molar-refractivity contribution in [2.45, 2.75) is 12.8 Å². The summed E-state index contributed by atoms with van der Waals surface area (Å²) in [7, 11) is 1.65. The summed E-state index contributed by atoms with van der Waals surface area (Å²) in [4.78, 5) is 17.1. The lowest BCUT2D eigenvalue weighted by Gasteiger charge is -2.09. The number of hydrogen-bond acceptors (Lipinski definition) is 4. The van der Waals surface area contributed by atoms with Crippen molar-refractivity contribution in [3.63, 3.8) is 0 Å². The molecule has 0 bridgehead atoms. The number of nitrogens with zero attached hydrogens (tertiary/aromatic N) is 3. The van der Waals surface area contributed by atoms with Gasteiger partial charge in [0.25, 0.3) is 0 Å². The Morgan fingerprint density at radius 1 is 0.944 bits per heavy atom. The zero-order chi connectivity index (χ0) is 24.6. The molecule has 0 radical (unpaired) electrons. The predicted octanol–water partition coefficient (Wildman–Crippen LogP) is 6.28. The third-order valence-electron chi connectivity index (χ3n) is 6.61. The molecule has 1 aliphatic carbocycles. The number of ether oxygens (including phenoxy) is 1. The Labute approximate surface area is 208 Å². The molecule has 0 atom stereocenters. The molecule has 0 unspecified atom stereocenters. The maximum Gasteiger partial charge on any atom is 0.336 e. The Morgan fingerprint density at radius 3 is 2.44 bits per heavy atom. The molecule has 1 N–H and O–H groups in total. The number of carbonyl (C=O) groups is 1. The predicted molar refractivity (Wildman–Crippen MR) is 140 cm³/mol. The first-order chi connectivity index (χ1) is 17.6. The SMILES string of the molecule is COc1ccc(-c2nn(-c3ccccc3)cc2/C=C2\CCc3c2nc2ccccc2c3C(=O)O)cc1. The second-order valence-electron chi connectivity index (χ2n) is 8.75. The second kappa shape index (κ2) is 8.82. The minimum atomic E-state index is -0.915. The molecular formula is C30H23N3O3. The molecule has 176 valence electrons. The average Bonchev–Trinajstić information content (AvgIpc) is 3.52. The Balaban J connectivity index is 1.52. The van der Waals surface area contributed by atoms with Gasteiger partial charge in [-0.05, 0) is 72.5 Å². The Kier molecular flexibility index (Phi) is 5.34. The van der Waals surface area contributed by atoms with Crippen LogP contribution in [-0.4, -0.2) is 33.0 Å². The quantitative estimate of drug-likeness (QED) is 0.325. The standard InChI is InChI=1S/C30H23N3O3/c1-36-23-14-11-19(12-15-23)28-21(18-33(32-28)22-7-3-2-4-8-22)17-20-13-16-25-27(30(34)35)24-9-5-6-10-26(24)31-29(20)25/h2-12,14-15,17-18H,13,16H2,1H3,(H,34,35)/b20-17+. The van der Waals surface area contributed by atoms with E-state index < -0.39 is 5.97 Å². The number of carboxylic acid groups (broad SMARTS) is 1. The van der Waals surface area contributed by atoms with E-state index in [1.54, 1.807) is 7.11 Å². The Hall–Kier alpha value is -4.71. The first-order valence-electron chi connectivity index (χ1n) is 11.8. The van der Waals surface area contributed by atoms with E-state index in [0.29, 0.717) is 22.9 Å². The monoisotopic (exact) mass is 473 g/mol. The van der Waals surface area contributed by atoms with Crippen molar-refractivity contribution in [3.8, 4) is 22.7 Å². The summed E-state index contributed by atoms with van der Waals surface area (Å²) in [6.45, 7) is 0. The van der Waals surface area contributed by atoms with E-state index in [-0.39, 0.29) is 0 Å². The highest BCUT2D eigenvalue weighted by Gasteiger charge is 2.27. The lowest BCUT2D eigenvalue weighted by Crippen LogP contribution is -2.05. The highest BCUT2D eigenvalue weighted by Crippen LogP contribution is 2.38. The molecule has 0 fully saturated rings. The van der Waals surface area contributed by atoms with Gasteiger partial charge in [-0.25, -0.2) is 14.5 Å². The van der Waals surface area contributed by atoms with Crippen LogP contribution in [0.3, 0.4) is 0 Å². The van der Waals surface area contributed by atoms with Gasteiger partial charge in [0.15, 0.2) is 0 Å². The molecule has 3 aromatic carbocycles. The first-order valence-corrected chi connectivity index (χ1v) is 11.8. The number of fused-ring (bicyclic) bond motifs is 2. The van der Waals surface area contributed by atoms with Crippen molar-refractivity contribution < 1.29 is 14.6 Å². The van der Waals surface area contributed by atoms with Gasteiger partial charge < -0.3 is 9.84 Å². The van der Waals surface area contributed by atoms with Crippen molar-refractivity contribution in [2.24, 2.45) is 0 Å². The smallest absolute Gasteiger partial charge is 0.336 e. The van der Waals surface area contributed by atoms with Crippen LogP contribution in [0.25, 0.3) is 39.5 Å². The molecule has 6 rings (SSSR count). The molecule has 0 spiro atoms. The van der Waals surface area contributed by atoms with Gasteiger partial charge in [-0.3, -0.25) is 0 Å². The van der Waals surface area contributed by atoms with Crippen LogP contribution in [0.5, 0.6) is 5.75 Å². The second-order valence-corrected chi connectivity index (χ2v) is 8.75. The van der Waals surface area contributed by atoms with E-state index in [4.69, 9.17) is 14.8 Å². The molecule has 0 amide bonds. The van der Waals surface area contributed by atoms with Crippen LogP contribution in [0, 0.1) is 0 Å². The Morgan fingerprint density at radius 2 is 1.69 bits per heavy atom. The number of aromatic carboxylic acids is 1. The van der Waals surface area contributed by atoms with Crippen LogP contribution in [0.15, 0.2) is 85.1 Å². The molecule has 6 heteroatoms. The molecule has 0 saturated heterocycles. The molecule has 6 nitrogen and oxygen atoms in total. The minimum absolute atomic E-state index is 0.356. The van der Waals surface area contributed by atoms with Crippen molar-refractivity contribution >= 4 is 28.5 Å². The fourth-order valence-electron chi connectivity index (χ4n) is 4.89. The summed E-state index contributed by atoms with van der Waals surface area (Å²) < 4.78 is 7.20. The number of pyridine rings is 1. The van der Waals surface area contributed by atoms with Crippen LogP contribution in [0.2, 0.25) is 0 Å². The van der Waals surface area contributed by atoms with Crippen LogP contribution >= 0.6 is 0 Å². The number of benzene rings is 3. The summed E-state index contributed by atoms with van der Waals surface area (Å²) in [6.07, 6.45) is 5.48. The number of rotatable bonds is 5. The topological polar surface area (TPSA) is 77.2 Å². The van der Waals surface area contributed by atoms with E-state index >= 15 is 0 Å². The van der Waals surface area contributed by atoms with Gasteiger partial charge in [-0.15, -0.1) is 0 Å². The number of hydrogen-bond donors (Lipinski definition) is 1. The summed E-state index contributed by atoms with van der Waals surface area (Å²) in [5, 5.41) is 15.6. The van der Waals surface area contributed by atoms with Crippen LogP contribution < -0.4 is 4.74 Å². The van der Waals surface area contributed by atoms with Gasteiger partial charge in [0.1, 0.15) is 5.75 Å². The third kappa shape index (κ3) is 3.73. The highest BCUT2D eigenvalue weighted by molar-refractivity contribution is 6.06. The normalized spacial score (nSPS) is 13.8. The van der Waals surface area contributed by atoms with E-state index in [0.717, 1.165) is 51.5 Å². The van der Waals surface area contributed by atoms with Crippen LogP contribution in [-0.2, 0) is 6.42 Å². The minimum Gasteiger partial charge on any atom is -0.497 e. The summed E-state index contributed by atoms with van der Waals surface area (Å²) >= 11 is 0. The maximum absolute atomic E-state index is 12.2. The fourth-order valence-corrected chi connectivity index (χ4v) is 4.89. The molecule has 2 aromatic heterocycles.